The summed E-state index contributed by atoms with van der Waals surface area (Å²) in [5.74, 6) is 2.85. The molecular weight excluding hydrogens is 202 g/mol. The Balaban J connectivity index is 2.08. The van der Waals surface area contributed by atoms with Crippen LogP contribution in [-0.4, -0.2) is 19.8 Å². The lowest BCUT2D eigenvalue weighted by atomic mass is 10.0. The smallest absolute Gasteiger partial charge is 0.161 e. The van der Waals surface area contributed by atoms with Crippen LogP contribution in [-0.2, 0) is 0 Å². The van der Waals surface area contributed by atoms with Gasteiger partial charge in [-0.25, -0.2) is 0 Å². The number of hydrogen-bond donors (Lipinski definition) is 1. The second-order valence-corrected chi connectivity index (χ2v) is 4.69. The van der Waals surface area contributed by atoms with Gasteiger partial charge in [0.25, 0.3) is 0 Å². The van der Waals surface area contributed by atoms with Crippen molar-refractivity contribution in [2.24, 2.45) is 5.73 Å². The third kappa shape index (κ3) is 1.39. The fourth-order valence-electron chi connectivity index (χ4n) is 2.80. The van der Waals surface area contributed by atoms with Crippen LogP contribution in [0.1, 0.15) is 36.3 Å². The third-order valence-electron chi connectivity index (χ3n) is 3.64. The van der Waals surface area contributed by atoms with Gasteiger partial charge >= 0.3 is 0 Å². The van der Waals surface area contributed by atoms with Crippen LogP contribution in [0.25, 0.3) is 0 Å². The van der Waals surface area contributed by atoms with Gasteiger partial charge < -0.3 is 15.2 Å². The zero-order valence-corrected chi connectivity index (χ0v) is 9.53. The average molecular weight is 219 g/mol. The maximum atomic E-state index is 5.81. The van der Waals surface area contributed by atoms with Gasteiger partial charge in [-0.3, -0.25) is 0 Å². The molecule has 1 aliphatic heterocycles. The predicted octanol–water partition coefficient (Wildman–Crippen LogP) is 2.01. The summed E-state index contributed by atoms with van der Waals surface area (Å²) < 4.78 is 11.2. The van der Waals surface area contributed by atoms with Gasteiger partial charge in [-0.2, -0.15) is 0 Å². The number of rotatable bonds is 1. The molecule has 86 valence electrons. The Morgan fingerprint density at radius 3 is 2.44 bits per heavy atom. The molecule has 2 atom stereocenters. The van der Waals surface area contributed by atoms with Crippen molar-refractivity contribution in [3.05, 3.63) is 23.3 Å². The van der Waals surface area contributed by atoms with Crippen LogP contribution in [0.2, 0.25) is 0 Å². The van der Waals surface area contributed by atoms with Crippen LogP contribution in [0.3, 0.4) is 0 Å². The first-order valence-corrected chi connectivity index (χ1v) is 5.93. The van der Waals surface area contributed by atoms with E-state index in [0.29, 0.717) is 25.0 Å². The summed E-state index contributed by atoms with van der Waals surface area (Å²) in [5.41, 5.74) is 8.56. The molecule has 0 amide bonds. The van der Waals surface area contributed by atoms with Gasteiger partial charge in [0, 0.05) is 0 Å². The Bertz CT molecular complexity index is 417. The first-order chi connectivity index (χ1) is 7.79. The van der Waals surface area contributed by atoms with Crippen LogP contribution in [0.4, 0.5) is 0 Å². The summed E-state index contributed by atoms with van der Waals surface area (Å²) in [4.78, 5) is 0. The fourth-order valence-corrected chi connectivity index (χ4v) is 2.80. The molecule has 0 radical (unpaired) electrons. The fraction of sp³-hybridized carbons (Fsp3) is 0.538. The van der Waals surface area contributed by atoms with E-state index in [4.69, 9.17) is 15.2 Å². The minimum absolute atomic E-state index is 0.487. The molecule has 0 saturated heterocycles. The van der Waals surface area contributed by atoms with Crippen molar-refractivity contribution in [3.63, 3.8) is 0 Å². The van der Waals surface area contributed by atoms with Crippen molar-refractivity contribution in [2.45, 2.75) is 25.2 Å². The van der Waals surface area contributed by atoms with Gasteiger partial charge in [0.05, 0.1) is 0 Å². The predicted molar refractivity (Wildman–Crippen MR) is 62.3 cm³/mol. The van der Waals surface area contributed by atoms with Crippen LogP contribution in [0, 0.1) is 0 Å². The molecule has 0 aromatic heterocycles. The van der Waals surface area contributed by atoms with Crippen LogP contribution in [0.5, 0.6) is 11.5 Å². The molecule has 3 heteroatoms. The van der Waals surface area contributed by atoms with E-state index < -0.39 is 0 Å². The minimum atomic E-state index is 0.487. The topological polar surface area (TPSA) is 44.5 Å². The number of fused-ring (bicyclic) bond motifs is 2. The Morgan fingerprint density at radius 2 is 1.81 bits per heavy atom. The molecule has 3 nitrogen and oxygen atoms in total. The van der Waals surface area contributed by atoms with Crippen molar-refractivity contribution in [1.82, 2.24) is 0 Å². The molecule has 3 rings (SSSR count). The monoisotopic (exact) mass is 219 g/mol. The van der Waals surface area contributed by atoms with Gasteiger partial charge in [0.15, 0.2) is 11.5 Å². The summed E-state index contributed by atoms with van der Waals surface area (Å²) in [6.45, 7) is 4.27. The summed E-state index contributed by atoms with van der Waals surface area (Å²) in [5, 5.41) is 0. The van der Waals surface area contributed by atoms with Gasteiger partial charge in [0.2, 0.25) is 0 Å². The molecular formula is C13H17NO2. The van der Waals surface area contributed by atoms with Crippen molar-refractivity contribution in [2.75, 3.05) is 19.8 Å². The lowest BCUT2D eigenvalue weighted by molar-refractivity contribution is 0.171. The largest absolute Gasteiger partial charge is 0.486 e. The second-order valence-electron chi connectivity index (χ2n) is 4.69. The highest BCUT2D eigenvalue weighted by Gasteiger charge is 2.29. The standard InChI is InChI=1S/C13H17NO2/c1-8-4-9(7-14)11-6-13-12(5-10(8)11)15-2-3-16-13/h5-6,8-9H,2-4,7,14H2,1H3. The Morgan fingerprint density at radius 1 is 1.19 bits per heavy atom. The highest BCUT2D eigenvalue weighted by molar-refractivity contribution is 5.52. The summed E-state index contributed by atoms with van der Waals surface area (Å²) in [6.07, 6.45) is 1.15. The average Bonchev–Trinajstić information content (AvgIpc) is 2.63. The van der Waals surface area contributed by atoms with Gasteiger partial charge in [-0.1, -0.05) is 6.92 Å². The third-order valence-corrected chi connectivity index (χ3v) is 3.64. The maximum Gasteiger partial charge on any atom is 0.161 e. The molecule has 1 aliphatic carbocycles. The summed E-state index contributed by atoms with van der Waals surface area (Å²) in [6, 6.07) is 4.27. The molecule has 1 heterocycles. The van der Waals surface area contributed by atoms with E-state index in [1.807, 2.05) is 0 Å². The van der Waals surface area contributed by atoms with E-state index in [0.717, 1.165) is 24.5 Å². The molecule has 2 aliphatic rings. The van der Waals surface area contributed by atoms with E-state index >= 15 is 0 Å². The number of benzene rings is 1. The molecule has 1 aromatic rings. The molecule has 1 aromatic carbocycles. The number of ether oxygens (including phenoxy) is 2. The molecule has 0 fully saturated rings. The first kappa shape index (κ1) is 9.97. The van der Waals surface area contributed by atoms with Crippen molar-refractivity contribution < 1.29 is 9.47 Å². The lowest BCUT2D eigenvalue weighted by Gasteiger charge is -2.20. The Kier molecular flexibility index (Phi) is 2.28. The van der Waals surface area contributed by atoms with Gasteiger partial charge in [-0.05, 0) is 48.1 Å². The molecule has 0 bridgehead atoms. The second kappa shape index (κ2) is 3.67. The van der Waals surface area contributed by atoms with Crippen LogP contribution >= 0.6 is 0 Å². The number of hydrogen-bond acceptors (Lipinski definition) is 3. The van der Waals surface area contributed by atoms with E-state index in [1.165, 1.54) is 11.1 Å². The Labute approximate surface area is 95.5 Å². The summed E-state index contributed by atoms with van der Waals surface area (Å²) >= 11 is 0. The van der Waals surface area contributed by atoms with Crippen LogP contribution < -0.4 is 15.2 Å². The highest BCUT2D eigenvalue weighted by Crippen LogP contribution is 2.46. The van der Waals surface area contributed by atoms with Gasteiger partial charge in [-0.15, -0.1) is 0 Å². The molecule has 0 spiro atoms. The van der Waals surface area contributed by atoms with Crippen molar-refractivity contribution >= 4 is 0 Å². The summed E-state index contributed by atoms with van der Waals surface area (Å²) in [7, 11) is 0. The maximum absolute atomic E-state index is 5.81. The molecule has 0 saturated carbocycles. The quantitative estimate of drug-likeness (QED) is 0.785. The zero-order valence-electron chi connectivity index (χ0n) is 9.53. The Hall–Kier alpha value is -1.22. The molecule has 2 unspecified atom stereocenters. The normalized spacial score (nSPS) is 26.6. The lowest BCUT2D eigenvalue weighted by Crippen LogP contribution is -2.16. The SMILES string of the molecule is CC1CC(CN)c2cc3c(cc21)OCCO3. The van der Waals surface area contributed by atoms with E-state index in [9.17, 15) is 0 Å². The van der Waals surface area contributed by atoms with Crippen molar-refractivity contribution in [1.29, 1.82) is 0 Å². The molecule has 16 heavy (non-hydrogen) atoms. The highest BCUT2D eigenvalue weighted by atomic mass is 16.6. The zero-order chi connectivity index (χ0) is 11.1. The minimum Gasteiger partial charge on any atom is -0.486 e. The van der Waals surface area contributed by atoms with E-state index in [1.54, 1.807) is 0 Å². The van der Waals surface area contributed by atoms with E-state index in [-0.39, 0.29) is 0 Å². The van der Waals surface area contributed by atoms with Crippen molar-refractivity contribution in [3.8, 4) is 11.5 Å². The first-order valence-electron chi connectivity index (χ1n) is 5.93. The number of nitrogens with two attached hydrogens (primary N) is 1. The van der Waals surface area contributed by atoms with E-state index in [2.05, 4.69) is 19.1 Å². The molecule has 2 N–H and O–H groups in total. The van der Waals surface area contributed by atoms with Crippen LogP contribution in [0.15, 0.2) is 12.1 Å². The van der Waals surface area contributed by atoms with Gasteiger partial charge in [0.1, 0.15) is 13.2 Å².